The number of nitrogens with one attached hydrogen (secondary N) is 1. The summed E-state index contributed by atoms with van der Waals surface area (Å²) in [6, 6.07) is 0. The van der Waals surface area contributed by atoms with Gasteiger partial charge < -0.3 is 5.11 Å². The van der Waals surface area contributed by atoms with Gasteiger partial charge in [0.25, 0.3) is 0 Å². The van der Waals surface area contributed by atoms with Crippen LogP contribution < -0.4 is 0 Å². The number of nitrogens with zero attached hydrogens (tertiary/aromatic N) is 2. The summed E-state index contributed by atoms with van der Waals surface area (Å²) in [6.07, 6.45) is 5.09. The van der Waals surface area contributed by atoms with Crippen LogP contribution in [0.15, 0.2) is 23.1 Å². The third kappa shape index (κ3) is 2.02. The van der Waals surface area contributed by atoms with E-state index in [4.69, 9.17) is 0 Å². The highest BCUT2D eigenvalue weighted by Crippen LogP contribution is 2.25. The summed E-state index contributed by atoms with van der Waals surface area (Å²) in [4.78, 5) is 1.04. The van der Waals surface area contributed by atoms with Gasteiger partial charge in [-0.2, -0.15) is 9.47 Å². The molecule has 0 aromatic carbocycles. The van der Waals surface area contributed by atoms with Crippen LogP contribution in [0.1, 0.15) is 16.5 Å². The van der Waals surface area contributed by atoms with E-state index in [-0.39, 0.29) is 0 Å². The first kappa shape index (κ1) is 9.82. The lowest BCUT2D eigenvalue weighted by molar-refractivity contribution is 0.179. The zero-order chi connectivity index (χ0) is 9.97. The van der Waals surface area contributed by atoms with Gasteiger partial charge >= 0.3 is 0 Å². The zero-order valence-electron chi connectivity index (χ0n) is 7.14. The van der Waals surface area contributed by atoms with Crippen molar-refractivity contribution in [3.05, 3.63) is 33.5 Å². The Morgan fingerprint density at radius 1 is 1.57 bits per heavy atom. The van der Waals surface area contributed by atoms with E-state index in [1.807, 2.05) is 0 Å². The highest BCUT2D eigenvalue weighted by Gasteiger charge is 2.12. The molecular formula is C8H8BrN3OS. The van der Waals surface area contributed by atoms with Crippen LogP contribution >= 0.6 is 27.5 Å². The fraction of sp³-hybridized carbons (Fsp3) is 0.250. The van der Waals surface area contributed by atoms with Crippen molar-refractivity contribution >= 4 is 27.5 Å². The summed E-state index contributed by atoms with van der Waals surface area (Å²) < 4.78 is 4.97. The van der Waals surface area contributed by atoms with Crippen LogP contribution in [0.3, 0.4) is 0 Å². The average Bonchev–Trinajstić information content (AvgIpc) is 2.77. The quantitative estimate of drug-likeness (QED) is 0.898. The first-order valence-corrected chi connectivity index (χ1v) is 5.60. The van der Waals surface area contributed by atoms with Gasteiger partial charge in [0.15, 0.2) is 0 Å². The minimum atomic E-state index is -0.523. The fourth-order valence-electron chi connectivity index (χ4n) is 1.12. The molecule has 0 saturated heterocycles. The number of hydrogen-bond donors (Lipinski definition) is 2. The summed E-state index contributed by atoms with van der Waals surface area (Å²) in [6.45, 7) is 0. The molecule has 74 valence electrons. The lowest BCUT2D eigenvalue weighted by Crippen LogP contribution is -1.99. The van der Waals surface area contributed by atoms with Crippen molar-refractivity contribution in [3.63, 3.8) is 0 Å². The van der Waals surface area contributed by atoms with Crippen LogP contribution in [-0.2, 0) is 6.42 Å². The van der Waals surface area contributed by atoms with Gasteiger partial charge in [-0.05, 0) is 27.5 Å². The van der Waals surface area contributed by atoms with Crippen LogP contribution in [0, 0.1) is 0 Å². The van der Waals surface area contributed by atoms with E-state index in [0.29, 0.717) is 6.42 Å². The van der Waals surface area contributed by atoms with Gasteiger partial charge in [0, 0.05) is 23.1 Å². The summed E-state index contributed by atoms with van der Waals surface area (Å²) in [5.41, 5.74) is 0.797. The van der Waals surface area contributed by atoms with Gasteiger partial charge in [-0.1, -0.05) is 0 Å². The number of halogens is 1. The molecule has 14 heavy (non-hydrogen) atoms. The summed E-state index contributed by atoms with van der Waals surface area (Å²) in [5, 5.41) is 16.3. The maximum Gasteiger partial charge on any atom is 0.0869 e. The van der Waals surface area contributed by atoms with Crippen LogP contribution in [0.5, 0.6) is 0 Å². The number of H-pyrrole nitrogens is 1. The second-order valence-corrected chi connectivity index (χ2v) is 4.59. The summed E-state index contributed by atoms with van der Waals surface area (Å²) >= 11 is 4.76. The largest absolute Gasteiger partial charge is 0.388 e. The van der Waals surface area contributed by atoms with Crippen molar-refractivity contribution in [3.8, 4) is 0 Å². The molecule has 0 saturated carbocycles. The summed E-state index contributed by atoms with van der Waals surface area (Å²) in [7, 11) is 0. The minimum Gasteiger partial charge on any atom is -0.388 e. The molecule has 0 aliphatic heterocycles. The first-order chi connectivity index (χ1) is 6.77. The molecular weight excluding hydrogens is 266 g/mol. The number of aliphatic hydroxyl groups is 1. The molecule has 1 atom stereocenters. The van der Waals surface area contributed by atoms with Crippen molar-refractivity contribution in [2.24, 2.45) is 0 Å². The maximum absolute atomic E-state index is 9.80. The molecule has 2 heterocycles. The monoisotopic (exact) mass is 273 g/mol. The predicted octanol–water partition coefficient (Wildman–Crippen LogP) is 1.90. The number of aromatic nitrogens is 3. The zero-order valence-corrected chi connectivity index (χ0v) is 9.55. The van der Waals surface area contributed by atoms with Gasteiger partial charge in [-0.15, -0.1) is 0 Å². The van der Waals surface area contributed by atoms with Gasteiger partial charge in [0.05, 0.1) is 23.0 Å². The molecule has 1 unspecified atom stereocenters. The van der Waals surface area contributed by atoms with E-state index >= 15 is 0 Å². The van der Waals surface area contributed by atoms with Crippen molar-refractivity contribution in [2.75, 3.05) is 0 Å². The van der Waals surface area contributed by atoms with Crippen molar-refractivity contribution < 1.29 is 5.11 Å². The molecule has 0 fully saturated rings. The maximum atomic E-state index is 9.80. The van der Waals surface area contributed by atoms with Crippen LogP contribution in [-0.4, -0.2) is 19.7 Å². The highest BCUT2D eigenvalue weighted by molar-refractivity contribution is 9.10. The lowest BCUT2D eigenvalue weighted by atomic mass is 10.1. The number of aliphatic hydroxyl groups excluding tert-OH is 1. The van der Waals surface area contributed by atoms with Gasteiger partial charge in [-0.25, -0.2) is 0 Å². The van der Waals surface area contributed by atoms with E-state index in [0.717, 1.165) is 14.9 Å². The molecule has 4 nitrogen and oxygen atoms in total. The fourth-order valence-corrected chi connectivity index (χ4v) is 2.40. The highest BCUT2D eigenvalue weighted by atomic mass is 79.9. The molecule has 2 aromatic rings. The van der Waals surface area contributed by atoms with Crippen LogP contribution in [0.25, 0.3) is 0 Å². The number of aromatic amines is 1. The second-order valence-electron chi connectivity index (χ2n) is 2.85. The van der Waals surface area contributed by atoms with Crippen molar-refractivity contribution in [1.82, 2.24) is 14.6 Å². The first-order valence-electron chi connectivity index (χ1n) is 4.03. The molecule has 0 aliphatic rings. The summed E-state index contributed by atoms with van der Waals surface area (Å²) in [5.74, 6) is 0. The standard InChI is InChI=1S/C8H8BrN3OS/c9-6-4-12-14-8(6)1-7(13)5-2-10-11-3-5/h2-4,7,13H,1H2,(H,10,11). The topological polar surface area (TPSA) is 61.8 Å². The second kappa shape index (κ2) is 4.20. The van der Waals surface area contributed by atoms with Crippen molar-refractivity contribution in [1.29, 1.82) is 0 Å². The average molecular weight is 274 g/mol. The molecule has 0 amide bonds. The third-order valence-electron chi connectivity index (χ3n) is 1.88. The Balaban J connectivity index is 2.09. The Labute approximate surface area is 93.3 Å². The molecule has 0 aliphatic carbocycles. The third-order valence-corrected chi connectivity index (χ3v) is 3.64. The normalized spacial score (nSPS) is 13.0. The minimum absolute atomic E-state index is 0.523. The molecule has 0 bridgehead atoms. The van der Waals surface area contributed by atoms with E-state index in [1.165, 1.54) is 11.5 Å². The molecule has 0 spiro atoms. The Bertz CT molecular complexity index is 400. The molecule has 2 rings (SSSR count). The smallest absolute Gasteiger partial charge is 0.0869 e. The Hall–Kier alpha value is -0.720. The number of rotatable bonds is 3. The Morgan fingerprint density at radius 2 is 2.43 bits per heavy atom. The van der Waals surface area contributed by atoms with Gasteiger partial charge in [0.1, 0.15) is 0 Å². The van der Waals surface area contributed by atoms with Gasteiger partial charge in [0.2, 0.25) is 0 Å². The predicted molar refractivity (Wildman–Crippen MR) is 57.1 cm³/mol. The molecule has 2 N–H and O–H groups in total. The number of hydrogen-bond acceptors (Lipinski definition) is 4. The van der Waals surface area contributed by atoms with Crippen LogP contribution in [0.4, 0.5) is 0 Å². The van der Waals surface area contributed by atoms with Crippen LogP contribution in [0.2, 0.25) is 0 Å². The van der Waals surface area contributed by atoms with E-state index < -0.39 is 6.10 Å². The van der Waals surface area contributed by atoms with E-state index in [1.54, 1.807) is 18.6 Å². The lowest BCUT2D eigenvalue weighted by Gasteiger charge is -2.05. The molecule has 0 radical (unpaired) electrons. The Kier molecular flexibility index (Phi) is 2.95. The molecule has 2 aromatic heterocycles. The van der Waals surface area contributed by atoms with Crippen molar-refractivity contribution in [2.45, 2.75) is 12.5 Å². The van der Waals surface area contributed by atoms with E-state index in [9.17, 15) is 5.11 Å². The SMILES string of the molecule is OC(Cc1sncc1Br)c1cn[nH]c1. The van der Waals surface area contributed by atoms with Gasteiger partial charge in [-0.3, -0.25) is 5.10 Å². The Morgan fingerprint density at radius 3 is 3.00 bits per heavy atom. The van der Waals surface area contributed by atoms with E-state index in [2.05, 4.69) is 30.5 Å². The molecule has 6 heteroatoms.